The smallest absolute Gasteiger partial charge is 0.0946 e. The molecule has 1 aromatic heterocycles. The average molecular weight is 268 g/mol. The number of aromatic nitrogens is 1. The average Bonchev–Trinajstić information content (AvgIpc) is 2.61. The van der Waals surface area contributed by atoms with E-state index in [4.69, 9.17) is 4.74 Å². The molecular weight excluding hydrogens is 244 g/mol. The quantitative estimate of drug-likeness (QED) is 0.861. The lowest BCUT2D eigenvalue weighted by molar-refractivity contribution is -0.0830. The number of nitrogens with one attached hydrogen (secondary N) is 1. The predicted molar refractivity (Wildman–Crippen MR) is 76.3 cm³/mol. The Bertz CT molecular complexity index is 373. The van der Waals surface area contributed by atoms with Gasteiger partial charge in [0, 0.05) is 24.4 Å². The SMILES string of the molecule is CNC(Cc1nc(C)c(C)s1)CC1(OC)CCC1. The van der Waals surface area contributed by atoms with Gasteiger partial charge in [0.05, 0.1) is 16.3 Å². The number of ether oxygens (including phenoxy) is 1. The lowest BCUT2D eigenvalue weighted by Gasteiger charge is -2.42. The Balaban J connectivity index is 1.96. The van der Waals surface area contributed by atoms with E-state index >= 15 is 0 Å². The van der Waals surface area contributed by atoms with Gasteiger partial charge in [-0.1, -0.05) is 0 Å². The number of aryl methyl sites for hydroxylation is 2. The van der Waals surface area contributed by atoms with E-state index in [9.17, 15) is 0 Å². The summed E-state index contributed by atoms with van der Waals surface area (Å²) in [6.45, 7) is 4.24. The Labute approximate surface area is 114 Å². The Morgan fingerprint density at radius 3 is 2.56 bits per heavy atom. The van der Waals surface area contributed by atoms with Gasteiger partial charge in [-0.15, -0.1) is 11.3 Å². The molecule has 0 radical (unpaired) electrons. The summed E-state index contributed by atoms with van der Waals surface area (Å²) in [6.07, 6.45) is 5.83. The van der Waals surface area contributed by atoms with Crippen molar-refractivity contribution in [1.29, 1.82) is 0 Å². The molecule has 1 saturated carbocycles. The van der Waals surface area contributed by atoms with Gasteiger partial charge in [0.25, 0.3) is 0 Å². The fourth-order valence-corrected chi connectivity index (χ4v) is 3.64. The summed E-state index contributed by atoms with van der Waals surface area (Å²) < 4.78 is 5.72. The lowest BCUT2D eigenvalue weighted by atomic mass is 9.75. The largest absolute Gasteiger partial charge is 0.378 e. The molecule has 1 N–H and O–H groups in total. The maximum absolute atomic E-state index is 5.72. The number of methoxy groups -OCH3 is 1. The van der Waals surface area contributed by atoms with Gasteiger partial charge in [-0.3, -0.25) is 0 Å². The summed E-state index contributed by atoms with van der Waals surface area (Å²) in [5, 5.41) is 4.67. The fraction of sp³-hybridized carbons (Fsp3) is 0.786. The van der Waals surface area contributed by atoms with E-state index in [0.717, 1.165) is 12.8 Å². The van der Waals surface area contributed by atoms with Crippen LogP contribution in [-0.4, -0.2) is 30.8 Å². The number of nitrogens with zero attached hydrogens (tertiary/aromatic N) is 1. The van der Waals surface area contributed by atoms with Crippen LogP contribution in [0.5, 0.6) is 0 Å². The summed E-state index contributed by atoms with van der Waals surface area (Å²) in [7, 11) is 3.89. The molecule has 0 amide bonds. The van der Waals surface area contributed by atoms with Gasteiger partial charge in [0.15, 0.2) is 0 Å². The van der Waals surface area contributed by atoms with E-state index in [2.05, 4.69) is 24.1 Å². The molecule has 0 aliphatic heterocycles. The summed E-state index contributed by atoms with van der Waals surface area (Å²) in [5.74, 6) is 0. The molecule has 1 aromatic rings. The van der Waals surface area contributed by atoms with E-state index in [-0.39, 0.29) is 5.60 Å². The van der Waals surface area contributed by atoms with Gasteiger partial charge in [0.2, 0.25) is 0 Å². The second kappa shape index (κ2) is 5.68. The lowest BCUT2D eigenvalue weighted by Crippen LogP contribution is -2.45. The van der Waals surface area contributed by atoms with Crippen molar-refractivity contribution in [1.82, 2.24) is 10.3 Å². The van der Waals surface area contributed by atoms with Crippen LogP contribution in [0.3, 0.4) is 0 Å². The highest BCUT2D eigenvalue weighted by atomic mass is 32.1. The highest BCUT2D eigenvalue weighted by Crippen LogP contribution is 2.39. The summed E-state index contributed by atoms with van der Waals surface area (Å²) in [5.41, 5.74) is 1.31. The molecule has 0 saturated heterocycles. The van der Waals surface area contributed by atoms with Crippen molar-refractivity contribution in [2.24, 2.45) is 0 Å². The summed E-state index contributed by atoms with van der Waals surface area (Å²) >= 11 is 1.83. The molecule has 18 heavy (non-hydrogen) atoms. The van der Waals surface area contributed by atoms with E-state index in [0.29, 0.717) is 6.04 Å². The van der Waals surface area contributed by atoms with E-state index in [1.807, 2.05) is 25.5 Å². The van der Waals surface area contributed by atoms with Gasteiger partial charge < -0.3 is 10.1 Å². The first-order valence-corrected chi connectivity index (χ1v) is 7.55. The predicted octanol–water partition coefficient (Wildman–Crippen LogP) is 2.85. The van der Waals surface area contributed by atoms with E-state index < -0.39 is 0 Å². The molecule has 1 heterocycles. The third-order valence-electron chi connectivity index (χ3n) is 4.22. The van der Waals surface area contributed by atoms with Gasteiger partial charge in [-0.25, -0.2) is 4.98 Å². The van der Waals surface area contributed by atoms with Gasteiger partial charge in [-0.2, -0.15) is 0 Å². The zero-order valence-electron chi connectivity index (χ0n) is 11.9. The number of hydrogen-bond acceptors (Lipinski definition) is 4. The number of likely N-dealkylation sites (N-methyl/N-ethyl adjacent to an activating group) is 1. The van der Waals surface area contributed by atoms with Crippen LogP contribution in [0.1, 0.15) is 41.3 Å². The first-order valence-electron chi connectivity index (χ1n) is 6.74. The van der Waals surface area contributed by atoms with E-state index in [1.165, 1.54) is 34.8 Å². The number of rotatable bonds is 6. The third kappa shape index (κ3) is 2.92. The van der Waals surface area contributed by atoms with Crippen LogP contribution in [0.4, 0.5) is 0 Å². The summed E-state index contributed by atoms with van der Waals surface area (Å²) in [4.78, 5) is 5.97. The molecule has 2 rings (SSSR count). The Morgan fingerprint density at radius 1 is 1.44 bits per heavy atom. The highest BCUT2D eigenvalue weighted by Gasteiger charge is 2.38. The maximum atomic E-state index is 5.72. The molecule has 0 bridgehead atoms. The van der Waals surface area contributed by atoms with E-state index in [1.54, 1.807) is 0 Å². The molecule has 1 atom stereocenters. The second-order valence-corrected chi connectivity index (χ2v) is 6.67. The number of thiazole rings is 1. The van der Waals surface area contributed by atoms with Gasteiger partial charge in [0.1, 0.15) is 0 Å². The van der Waals surface area contributed by atoms with Crippen molar-refractivity contribution >= 4 is 11.3 Å². The topological polar surface area (TPSA) is 34.2 Å². The van der Waals surface area contributed by atoms with Gasteiger partial charge in [-0.05, 0) is 46.6 Å². The Hall–Kier alpha value is -0.450. The standard InChI is InChI=1S/C14H24N2OS/c1-10-11(2)18-13(16-10)8-12(15-3)9-14(17-4)6-5-7-14/h12,15H,5-9H2,1-4H3. The molecule has 4 heteroatoms. The van der Waals surface area contributed by atoms with Crippen molar-refractivity contribution < 1.29 is 4.74 Å². The first-order chi connectivity index (χ1) is 8.58. The van der Waals surface area contributed by atoms with Crippen LogP contribution >= 0.6 is 11.3 Å². The molecular formula is C14H24N2OS. The van der Waals surface area contributed by atoms with Crippen LogP contribution in [0.15, 0.2) is 0 Å². The van der Waals surface area contributed by atoms with Crippen LogP contribution in [0.2, 0.25) is 0 Å². The third-order valence-corrected chi connectivity index (χ3v) is 5.31. The van der Waals surface area contributed by atoms with Gasteiger partial charge >= 0.3 is 0 Å². The Kier molecular flexibility index (Phi) is 4.41. The highest BCUT2D eigenvalue weighted by molar-refractivity contribution is 7.11. The molecule has 1 unspecified atom stereocenters. The molecule has 102 valence electrons. The molecule has 1 aliphatic carbocycles. The molecule has 1 fully saturated rings. The van der Waals surface area contributed by atoms with Crippen LogP contribution in [0.25, 0.3) is 0 Å². The minimum atomic E-state index is 0.134. The van der Waals surface area contributed by atoms with Crippen molar-refractivity contribution in [2.45, 2.75) is 57.6 Å². The minimum absolute atomic E-state index is 0.134. The maximum Gasteiger partial charge on any atom is 0.0946 e. The molecule has 1 aliphatic rings. The Morgan fingerprint density at radius 2 is 2.17 bits per heavy atom. The van der Waals surface area contributed by atoms with Crippen molar-refractivity contribution in [2.75, 3.05) is 14.2 Å². The molecule has 0 spiro atoms. The summed E-state index contributed by atoms with van der Waals surface area (Å²) in [6, 6.07) is 0.468. The van der Waals surface area contributed by atoms with Crippen LogP contribution < -0.4 is 5.32 Å². The van der Waals surface area contributed by atoms with Crippen molar-refractivity contribution in [3.05, 3.63) is 15.6 Å². The zero-order valence-corrected chi connectivity index (χ0v) is 12.7. The second-order valence-electron chi connectivity index (χ2n) is 5.38. The first kappa shape index (κ1) is 14.0. The number of hydrogen-bond donors (Lipinski definition) is 1. The van der Waals surface area contributed by atoms with Crippen LogP contribution in [-0.2, 0) is 11.2 Å². The van der Waals surface area contributed by atoms with Crippen molar-refractivity contribution in [3.8, 4) is 0 Å². The zero-order chi connectivity index (χ0) is 13.2. The fourth-order valence-electron chi connectivity index (χ4n) is 2.63. The normalized spacial score (nSPS) is 19.6. The van der Waals surface area contributed by atoms with Crippen LogP contribution in [0, 0.1) is 13.8 Å². The molecule has 0 aromatic carbocycles. The molecule has 3 nitrogen and oxygen atoms in total. The monoisotopic (exact) mass is 268 g/mol. The van der Waals surface area contributed by atoms with Crippen molar-refractivity contribution in [3.63, 3.8) is 0 Å². The minimum Gasteiger partial charge on any atom is -0.378 e.